The van der Waals surface area contributed by atoms with Crippen LogP contribution in [0, 0.1) is 11.3 Å². The summed E-state index contributed by atoms with van der Waals surface area (Å²) in [7, 11) is 0. The average molecular weight is 177 g/mol. The molecule has 0 N–H and O–H groups in total. The molecule has 0 aliphatic rings. The third kappa shape index (κ3) is 1.36. The molecule has 0 amide bonds. The zero-order valence-corrected chi connectivity index (χ0v) is 6.59. The van der Waals surface area contributed by atoms with Crippen LogP contribution in [0.5, 0.6) is 0 Å². The maximum atomic E-state index is 8.33. The number of thiol groups is 1. The van der Waals surface area contributed by atoms with Crippen LogP contribution in [0.25, 0.3) is 0 Å². The molecule has 0 saturated heterocycles. The number of halogens is 1. The van der Waals surface area contributed by atoms with Gasteiger partial charge in [0.2, 0.25) is 0 Å². The van der Waals surface area contributed by atoms with Crippen LogP contribution in [-0.2, 0) is 0 Å². The molecular formula is C4HClN2S2. The van der Waals surface area contributed by atoms with Gasteiger partial charge < -0.3 is 0 Å². The number of hydrogen-bond acceptors (Lipinski definition) is 4. The monoisotopic (exact) mass is 176 g/mol. The Bertz CT molecular complexity index is 262. The van der Waals surface area contributed by atoms with Crippen molar-refractivity contribution in [3.8, 4) is 6.07 Å². The first-order chi connectivity index (χ1) is 4.24. The summed E-state index contributed by atoms with van der Waals surface area (Å²) in [5.74, 6) is 0. The van der Waals surface area contributed by atoms with Crippen molar-refractivity contribution in [1.29, 1.82) is 5.26 Å². The summed E-state index contributed by atoms with van der Waals surface area (Å²) in [6.07, 6.45) is 0. The maximum absolute atomic E-state index is 8.33. The lowest BCUT2D eigenvalue weighted by Crippen LogP contribution is -1.63. The maximum Gasteiger partial charge on any atom is 0.159 e. The Labute approximate surface area is 66.5 Å². The summed E-state index contributed by atoms with van der Waals surface area (Å²) >= 11 is 10.5. The van der Waals surface area contributed by atoms with E-state index in [0.29, 0.717) is 9.22 Å². The molecule has 0 saturated carbocycles. The highest BCUT2D eigenvalue weighted by atomic mass is 35.5. The molecule has 0 bridgehead atoms. The van der Waals surface area contributed by atoms with E-state index in [9.17, 15) is 0 Å². The SMILES string of the molecule is N#Cc1sc(S)nc1Cl. The van der Waals surface area contributed by atoms with E-state index < -0.39 is 0 Å². The molecule has 5 heteroatoms. The standard InChI is InChI=1S/C4HClN2S2/c5-3-2(1-6)9-4(8)7-3/h(H,7,8). The Morgan fingerprint density at radius 3 is 2.67 bits per heavy atom. The number of hydrogen-bond donors (Lipinski definition) is 1. The van der Waals surface area contributed by atoms with Crippen LogP contribution < -0.4 is 0 Å². The molecule has 0 aromatic carbocycles. The lowest BCUT2D eigenvalue weighted by molar-refractivity contribution is 1.26. The molecule has 0 radical (unpaired) electrons. The molecular weight excluding hydrogens is 176 g/mol. The zero-order chi connectivity index (χ0) is 6.85. The number of aromatic nitrogens is 1. The first-order valence-corrected chi connectivity index (χ1v) is 3.63. The van der Waals surface area contributed by atoms with E-state index in [-0.39, 0.29) is 5.15 Å². The number of nitriles is 1. The highest BCUT2D eigenvalue weighted by Crippen LogP contribution is 2.23. The van der Waals surface area contributed by atoms with Gasteiger partial charge in [-0.3, -0.25) is 0 Å². The third-order valence-electron chi connectivity index (χ3n) is 0.676. The summed E-state index contributed by atoms with van der Waals surface area (Å²) < 4.78 is 0.525. The Kier molecular flexibility index (Phi) is 1.96. The van der Waals surface area contributed by atoms with Crippen molar-refractivity contribution >= 4 is 35.6 Å². The molecule has 0 atom stereocenters. The van der Waals surface area contributed by atoms with E-state index in [4.69, 9.17) is 16.9 Å². The van der Waals surface area contributed by atoms with E-state index in [1.54, 1.807) is 0 Å². The quantitative estimate of drug-likeness (QED) is 0.614. The van der Waals surface area contributed by atoms with Crippen LogP contribution in [0.2, 0.25) is 5.15 Å². The van der Waals surface area contributed by atoms with Crippen molar-refractivity contribution in [3.05, 3.63) is 10.0 Å². The zero-order valence-electron chi connectivity index (χ0n) is 4.13. The fraction of sp³-hybridized carbons (Fsp3) is 0. The fourth-order valence-corrected chi connectivity index (χ4v) is 1.58. The smallest absolute Gasteiger partial charge is 0.159 e. The summed E-state index contributed by atoms with van der Waals surface area (Å²) in [6, 6.07) is 1.89. The summed E-state index contributed by atoms with van der Waals surface area (Å²) in [6.45, 7) is 0. The van der Waals surface area contributed by atoms with Crippen LogP contribution in [0.4, 0.5) is 0 Å². The van der Waals surface area contributed by atoms with Crippen molar-refractivity contribution in [3.63, 3.8) is 0 Å². The van der Waals surface area contributed by atoms with Gasteiger partial charge in [-0.15, -0.1) is 12.6 Å². The number of thiazole rings is 1. The van der Waals surface area contributed by atoms with Crippen LogP contribution in [-0.4, -0.2) is 4.98 Å². The van der Waals surface area contributed by atoms with Gasteiger partial charge in [-0.2, -0.15) is 5.26 Å². The highest BCUT2D eigenvalue weighted by molar-refractivity contribution is 7.82. The second-order valence-electron chi connectivity index (χ2n) is 1.23. The van der Waals surface area contributed by atoms with E-state index in [1.807, 2.05) is 6.07 Å². The summed E-state index contributed by atoms with van der Waals surface area (Å²) in [5, 5.41) is 8.58. The molecule has 9 heavy (non-hydrogen) atoms. The van der Waals surface area contributed by atoms with E-state index >= 15 is 0 Å². The predicted octanol–water partition coefficient (Wildman–Crippen LogP) is 1.96. The molecule has 0 aliphatic carbocycles. The Morgan fingerprint density at radius 1 is 1.78 bits per heavy atom. The van der Waals surface area contributed by atoms with Crippen molar-refractivity contribution < 1.29 is 0 Å². The van der Waals surface area contributed by atoms with Crippen molar-refractivity contribution in [2.24, 2.45) is 0 Å². The van der Waals surface area contributed by atoms with E-state index in [1.165, 1.54) is 11.3 Å². The van der Waals surface area contributed by atoms with Crippen LogP contribution >= 0.6 is 35.6 Å². The second kappa shape index (κ2) is 2.56. The molecule has 0 unspecified atom stereocenters. The van der Waals surface area contributed by atoms with Gasteiger partial charge >= 0.3 is 0 Å². The molecule has 1 aromatic heterocycles. The minimum absolute atomic E-state index is 0.243. The molecule has 0 spiro atoms. The number of nitrogens with zero attached hydrogens (tertiary/aromatic N) is 2. The minimum atomic E-state index is 0.243. The van der Waals surface area contributed by atoms with Gasteiger partial charge in [0.05, 0.1) is 0 Å². The van der Waals surface area contributed by atoms with Gasteiger partial charge in [0.25, 0.3) is 0 Å². The normalized spacial score (nSPS) is 9.00. The molecule has 0 fully saturated rings. The fourth-order valence-electron chi connectivity index (χ4n) is 0.360. The van der Waals surface area contributed by atoms with Gasteiger partial charge in [0.1, 0.15) is 15.3 Å². The third-order valence-corrected chi connectivity index (χ3v) is 2.20. The highest BCUT2D eigenvalue weighted by Gasteiger charge is 2.03. The largest absolute Gasteiger partial charge is 0.217 e. The molecule has 1 aromatic rings. The first-order valence-electron chi connectivity index (χ1n) is 1.99. The van der Waals surface area contributed by atoms with E-state index in [0.717, 1.165) is 0 Å². The lowest BCUT2D eigenvalue weighted by Gasteiger charge is -1.71. The van der Waals surface area contributed by atoms with Gasteiger partial charge in [0, 0.05) is 0 Å². The van der Waals surface area contributed by atoms with Crippen molar-refractivity contribution in [2.45, 2.75) is 4.34 Å². The molecule has 1 rings (SSSR count). The van der Waals surface area contributed by atoms with Gasteiger partial charge in [-0.1, -0.05) is 22.9 Å². The van der Waals surface area contributed by atoms with Crippen molar-refractivity contribution in [1.82, 2.24) is 4.98 Å². The minimum Gasteiger partial charge on any atom is -0.217 e. The Morgan fingerprint density at radius 2 is 2.44 bits per heavy atom. The number of rotatable bonds is 0. The van der Waals surface area contributed by atoms with Gasteiger partial charge in [-0.05, 0) is 0 Å². The van der Waals surface area contributed by atoms with Crippen molar-refractivity contribution in [2.75, 3.05) is 0 Å². The van der Waals surface area contributed by atoms with E-state index in [2.05, 4.69) is 17.6 Å². The first kappa shape index (κ1) is 6.87. The molecule has 0 aliphatic heterocycles. The summed E-state index contributed by atoms with van der Waals surface area (Å²) in [5.41, 5.74) is 0. The summed E-state index contributed by atoms with van der Waals surface area (Å²) in [4.78, 5) is 4.13. The molecule has 46 valence electrons. The Hall–Kier alpha value is -0.240. The van der Waals surface area contributed by atoms with Gasteiger partial charge in [0.15, 0.2) is 5.15 Å². The van der Waals surface area contributed by atoms with Crippen LogP contribution in [0.15, 0.2) is 4.34 Å². The topological polar surface area (TPSA) is 36.7 Å². The molecule has 1 heterocycles. The second-order valence-corrected chi connectivity index (χ2v) is 3.31. The Balaban J connectivity index is 3.20. The van der Waals surface area contributed by atoms with Gasteiger partial charge in [-0.25, -0.2) is 4.98 Å². The molecule has 2 nitrogen and oxygen atoms in total. The lowest BCUT2D eigenvalue weighted by atomic mass is 10.6. The predicted molar refractivity (Wildman–Crippen MR) is 39.1 cm³/mol. The van der Waals surface area contributed by atoms with Crippen LogP contribution in [0.3, 0.4) is 0 Å². The average Bonchev–Trinajstić information content (AvgIpc) is 2.10. The van der Waals surface area contributed by atoms with Crippen LogP contribution in [0.1, 0.15) is 4.88 Å².